The number of nitrogens with zero attached hydrogens (tertiary/aromatic N) is 3. The normalized spacial score (nSPS) is 17.5. The number of sulfonamides is 1. The van der Waals surface area contributed by atoms with Gasteiger partial charge < -0.3 is 4.90 Å². The summed E-state index contributed by atoms with van der Waals surface area (Å²) >= 11 is 0. The summed E-state index contributed by atoms with van der Waals surface area (Å²) < 4.78 is 37.6. The van der Waals surface area contributed by atoms with Gasteiger partial charge in [0, 0.05) is 26.2 Å². The van der Waals surface area contributed by atoms with Crippen molar-refractivity contribution in [2.75, 3.05) is 37.3 Å². The quantitative estimate of drug-likeness (QED) is 0.618. The zero-order chi connectivity index (χ0) is 15.6. The van der Waals surface area contributed by atoms with Gasteiger partial charge in [0.25, 0.3) is 5.69 Å². The van der Waals surface area contributed by atoms with Crippen molar-refractivity contribution < 1.29 is 17.7 Å². The van der Waals surface area contributed by atoms with Crippen molar-refractivity contribution in [1.29, 1.82) is 0 Å². The molecule has 0 bridgehead atoms. The molecular formula is C12H16FN3O4S. The molecule has 1 aliphatic rings. The van der Waals surface area contributed by atoms with Crippen LogP contribution in [0.5, 0.6) is 0 Å². The Morgan fingerprint density at radius 3 is 2.57 bits per heavy atom. The Morgan fingerprint density at radius 1 is 1.24 bits per heavy atom. The monoisotopic (exact) mass is 317 g/mol. The molecule has 0 saturated carbocycles. The molecule has 1 saturated heterocycles. The van der Waals surface area contributed by atoms with Crippen molar-refractivity contribution in [3.05, 3.63) is 34.1 Å². The minimum atomic E-state index is -3.28. The van der Waals surface area contributed by atoms with Gasteiger partial charge in [-0.3, -0.25) is 10.1 Å². The number of halogens is 1. The summed E-state index contributed by atoms with van der Waals surface area (Å²) in [6, 6.07) is 3.42. The number of hydrogen-bond donors (Lipinski definition) is 0. The van der Waals surface area contributed by atoms with Gasteiger partial charge in [-0.15, -0.1) is 0 Å². The van der Waals surface area contributed by atoms with Crippen LogP contribution in [0.1, 0.15) is 6.42 Å². The highest BCUT2D eigenvalue weighted by molar-refractivity contribution is 7.88. The van der Waals surface area contributed by atoms with Gasteiger partial charge in [-0.2, -0.15) is 0 Å². The summed E-state index contributed by atoms with van der Waals surface area (Å²) in [5.41, 5.74) is 0.0135. The molecule has 1 aromatic rings. The highest BCUT2D eigenvalue weighted by atomic mass is 32.2. The van der Waals surface area contributed by atoms with Crippen LogP contribution in [0.15, 0.2) is 18.2 Å². The van der Waals surface area contributed by atoms with Crippen LogP contribution in [-0.2, 0) is 10.0 Å². The van der Waals surface area contributed by atoms with Crippen LogP contribution >= 0.6 is 0 Å². The molecular weight excluding hydrogens is 301 g/mol. The molecule has 1 aromatic carbocycles. The van der Waals surface area contributed by atoms with Crippen molar-refractivity contribution >= 4 is 21.4 Å². The van der Waals surface area contributed by atoms with Gasteiger partial charge in [-0.1, -0.05) is 0 Å². The van der Waals surface area contributed by atoms with E-state index in [0.29, 0.717) is 31.7 Å². The van der Waals surface area contributed by atoms with Gasteiger partial charge in [-0.05, 0) is 18.6 Å². The lowest BCUT2D eigenvalue weighted by Crippen LogP contribution is -2.34. The van der Waals surface area contributed by atoms with Crippen LogP contribution in [-0.4, -0.2) is 50.1 Å². The van der Waals surface area contributed by atoms with E-state index in [1.54, 1.807) is 4.90 Å². The first-order chi connectivity index (χ1) is 9.79. The SMILES string of the molecule is CS(=O)(=O)N1CCCN(c2ccc(F)cc2[N+](=O)[O-])CC1. The third-order valence-corrected chi connectivity index (χ3v) is 4.70. The van der Waals surface area contributed by atoms with Crippen LogP contribution in [0.4, 0.5) is 15.8 Å². The molecule has 1 aliphatic heterocycles. The predicted octanol–water partition coefficient (Wildman–Crippen LogP) is 1.21. The maximum Gasteiger partial charge on any atom is 0.295 e. The van der Waals surface area contributed by atoms with Gasteiger partial charge in [0.15, 0.2) is 0 Å². The fraction of sp³-hybridized carbons (Fsp3) is 0.500. The lowest BCUT2D eigenvalue weighted by molar-refractivity contribution is -0.384. The molecule has 116 valence electrons. The highest BCUT2D eigenvalue weighted by Crippen LogP contribution is 2.29. The Morgan fingerprint density at radius 2 is 1.95 bits per heavy atom. The summed E-state index contributed by atoms with van der Waals surface area (Å²) in [4.78, 5) is 12.1. The van der Waals surface area contributed by atoms with E-state index < -0.39 is 20.8 Å². The molecule has 0 unspecified atom stereocenters. The van der Waals surface area contributed by atoms with E-state index >= 15 is 0 Å². The molecule has 0 radical (unpaired) electrons. The van der Waals surface area contributed by atoms with Crippen LogP contribution < -0.4 is 4.90 Å². The third kappa shape index (κ3) is 3.67. The molecule has 1 heterocycles. The molecule has 0 amide bonds. The maximum absolute atomic E-state index is 13.2. The summed E-state index contributed by atoms with van der Waals surface area (Å²) in [6.45, 7) is 1.45. The molecule has 0 aliphatic carbocycles. The van der Waals surface area contributed by atoms with Gasteiger partial charge in [0.1, 0.15) is 11.5 Å². The number of nitro groups is 1. The van der Waals surface area contributed by atoms with Crippen LogP contribution in [0.25, 0.3) is 0 Å². The minimum absolute atomic E-state index is 0.257. The fourth-order valence-electron chi connectivity index (χ4n) is 2.38. The van der Waals surface area contributed by atoms with Crippen molar-refractivity contribution in [1.82, 2.24) is 4.31 Å². The van der Waals surface area contributed by atoms with E-state index in [9.17, 15) is 22.9 Å². The van der Waals surface area contributed by atoms with Gasteiger partial charge in [0.05, 0.1) is 17.2 Å². The Kier molecular flexibility index (Phi) is 4.43. The van der Waals surface area contributed by atoms with E-state index in [4.69, 9.17) is 0 Å². The van der Waals surface area contributed by atoms with E-state index in [0.717, 1.165) is 12.3 Å². The van der Waals surface area contributed by atoms with Crippen molar-refractivity contribution in [3.8, 4) is 0 Å². The zero-order valence-corrected chi connectivity index (χ0v) is 12.3. The Bertz CT molecular complexity index is 650. The topological polar surface area (TPSA) is 83.8 Å². The number of benzene rings is 1. The van der Waals surface area contributed by atoms with E-state index in [-0.39, 0.29) is 12.2 Å². The molecule has 21 heavy (non-hydrogen) atoms. The zero-order valence-electron chi connectivity index (χ0n) is 11.5. The average molecular weight is 317 g/mol. The van der Waals surface area contributed by atoms with Gasteiger partial charge in [-0.25, -0.2) is 17.1 Å². The lowest BCUT2D eigenvalue weighted by Gasteiger charge is -2.22. The number of rotatable bonds is 3. The molecule has 0 atom stereocenters. The fourth-order valence-corrected chi connectivity index (χ4v) is 3.25. The largest absolute Gasteiger partial charge is 0.365 e. The van der Waals surface area contributed by atoms with Crippen LogP contribution in [0, 0.1) is 15.9 Å². The molecule has 1 fully saturated rings. The van der Waals surface area contributed by atoms with Crippen molar-refractivity contribution in [2.24, 2.45) is 0 Å². The lowest BCUT2D eigenvalue weighted by atomic mass is 10.2. The standard InChI is InChI=1S/C12H16FN3O4S/c1-21(19,20)15-6-2-5-14(7-8-15)11-4-3-10(13)9-12(11)16(17)18/h3-4,9H,2,5-8H2,1H3. The molecule has 2 rings (SSSR count). The first-order valence-electron chi connectivity index (χ1n) is 6.43. The van der Waals surface area contributed by atoms with E-state index in [2.05, 4.69) is 0 Å². The predicted molar refractivity (Wildman–Crippen MR) is 76.3 cm³/mol. The summed E-state index contributed by atoms with van der Waals surface area (Å²) in [7, 11) is -3.28. The first-order valence-corrected chi connectivity index (χ1v) is 8.28. The van der Waals surface area contributed by atoms with E-state index in [1.165, 1.54) is 16.4 Å². The molecule has 7 nitrogen and oxygen atoms in total. The second kappa shape index (κ2) is 5.94. The second-order valence-electron chi connectivity index (χ2n) is 4.89. The highest BCUT2D eigenvalue weighted by Gasteiger charge is 2.25. The molecule has 9 heteroatoms. The number of hydrogen-bond acceptors (Lipinski definition) is 5. The Hall–Kier alpha value is -1.74. The van der Waals surface area contributed by atoms with Crippen molar-refractivity contribution in [3.63, 3.8) is 0 Å². The van der Waals surface area contributed by atoms with Gasteiger partial charge in [0.2, 0.25) is 10.0 Å². The number of nitro benzene ring substituents is 1. The van der Waals surface area contributed by atoms with Gasteiger partial charge >= 0.3 is 0 Å². The minimum Gasteiger partial charge on any atom is -0.365 e. The first kappa shape index (κ1) is 15.6. The Balaban J connectivity index is 2.26. The number of anilines is 1. The van der Waals surface area contributed by atoms with Crippen LogP contribution in [0.2, 0.25) is 0 Å². The molecule has 0 spiro atoms. The average Bonchev–Trinajstić information content (AvgIpc) is 2.63. The maximum atomic E-state index is 13.2. The summed E-state index contributed by atoms with van der Waals surface area (Å²) in [5, 5.41) is 11.0. The van der Waals surface area contributed by atoms with Crippen molar-refractivity contribution in [2.45, 2.75) is 6.42 Å². The Labute approximate surface area is 122 Å². The summed E-state index contributed by atoms with van der Waals surface area (Å²) in [5.74, 6) is -0.668. The van der Waals surface area contributed by atoms with E-state index in [1.807, 2.05) is 0 Å². The van der Waals surface area contributed by atoms with Crippen LogP contribution in [0.3, 0.4) is 0 Å². The summed E-state index contributed by atoms with van der Waals surface area (Å²) in [6.07, 6.45) is 1.70. The third-order valence-electron chi connectivity index (χ3n) is 3.40. The smallest absolute Gasteiger partial charge is 0.295 e. The molecule has 0 N–H and O–H groups in total. The molecule has 0 aromatic heterocycles. The second-order valence-corrected chi connectivity index (χ2v) is 6.88.